The summed E-state index contributed by atoms with van der Waals surface area (Å²) in [5, 5.41) is 3.04. The molecular formula is C27H37F3N2O8S. The van der Waals surface area contributed by atoms with Crippen molar-refractivity contribution in [2.24, 2.45) is 0 Å². The number of alkyl halides is 3. The van der Waals surface area contributed by atoms with Gasteiger partial charge in [0.05, 0.1) is 30.9 Å². The Balaban J connectivity index is 1.43. The lowest BCUT2D eigenvalue weighted by Gasteiger charge is -2.51. The van der Waals surface area contributed by atoms with Crippen LogP contribution in [-0.2, 0) is 29.1 Å². The van der Waals surface area contributed by atoms with E-state index in [-0.39, 0.29) is 43.5 Å². The SMILES string of the molecule is CC(C)(C)OC(=O)N1CCC[C@@]2(COCC(=O)N2)[C@@H]1COC1CCC(c2ccccc2OS(=O)(=O)C(F)(F)F)CC1. The molecule has 4 rings (SSSR count). The first kappa shape index (κ1) is 31.4. The fourth-order valence-corrected chi connectivity index (χ4v) is 6.27. The Labute approximate surface area is 237 Å². The minimum absolute atomic E-state index is 0.0543. The molecule has 3 aliphatic rings. The van der Waals surface area contributed by atoms with E-state index in [9.17, 15) is 31.2 Å². The average molecular weight is 607 g/mol. The van der Waals surface area contributed by atoms with E-state index in [2.05, 4.69) is 9.50 Å². The number of carbonyl (C=O) groups is 2. The van der Waals surface area contributed by atoms with Crippen LogP contribution in [0.4, 0.5) is 18.0 Å². The summed E-state index contributed by atoms with van der Waals surface area (Å²) >= 11 is 0. The third kappa shape index (κ3) is 7.44. The van der Waals surface area contributed by atoms with Crippen LogP contribution in [0.5, 0.6) is 5.75 Å². The molecule has 14 heteroatoms. The lowest BCUT2D eigenvalue weighted by atomic mass is 9.80. The van der Waals surface area contributed by atoms with Crippen molar-refractivity contribution < 1.29 is 49.6 Å². The molecular weight excluding hydrogens is 569 g/mol. The van der Waals surface area contributed by atoms with E-state index in [0.29, 0.717) is 50.6 Å². The Morgan fingerprint density at radius 2 is 1.83 bits per heavy atom. The van der Waals surface area contributed by atoms with Crippen molar-refractivity contribution in [3.8, 4) is 5.75 Å². The van der Waals surface area contributed by atoms with Crippen molar-refractivity contribution in [3.05, 3.63) is 29.8 Å². The van der Waals surface area contributed by atoms with E-state index >= 15 is 0 Å². The molecule has 2 atom stereocenters. The summed E-state index contributed by atoms with van der Waals surface area (Å²) in [6, 6.07) is 5.30. The highest BCUT2D eigenvalue weighted by Crippen LogP contribution is 2.40. The average Bonchev–Trinajstić information content (AvgIpc) is 2.87. The van der Waals surface area contributed by atoms with Crippen LogP contribution in [0.25, 0.3) is 0 Å². The van der Waals surface area contributed by atoms with E-state index < -0.39 is 38.9 Å². The molecule has 2 saturated heterocycles. The number of piperidine rings is 1. The molecule has 230 valence electrons. The summed E-state index contributed by atoms with van der Waals surface area (Å²) in [5.74, 6) is -0.819. The second-order valence-corrected chi connectivity index (χ2v) is 13.4. The van der Waals surface area contributed by atoms with Crippen molar-refractivity contribution in [3.63, 3.8) is 0 Å². The van der Waals surface area contributed by atoms with Gasteiger partial charge in [0.15, 0.2) is 0 Å². The number of amides is 2. The largest absolute Gasteiger partial charge is 0.534 e. The number of nitrogens with one attached hydrogen (secondary N) is 1. The predicted octanol–water partition coefficient (Wildman–Crippen LogP) is 4.24. The first-order valence-corrected chi connectivity index (χ1v) is 15.1. The zero-order valence-corrected chi connectivity index (χ0v) is 24.2. The number of benzene rings is 1. The van der Waals surface area contributed by atoms with Crippen LogP contribution in [-0.4, -0.2) is 80.5 Å². The normalized spacial score (nSPS) is 27.8. The van der Waals surface area contributed by atoms with E-state index in [4.69, 9.17) is 14.2 Å². The molecule has 1 spiro atoms. The second kappa shape index (κ2) is 12.0. The number of nitrogens with zero attached hydrogens (tertiary/aromatic N) is 1. The summed E-state index contributed by atoms with van der Waals surface area (Å²) in [6.07, 6.45) is 2.72. The van der Waals surface area contributed by atoms with Crippen LogP contribution in [0.3, 0.4) is 0 Å². The monoisotopic (exact) mass is 606 g/mol. The van der Waals surface area contributed by atoms with Gasteiger partial charge in [0.2, 0.25) is 5.91 Å². The Morgan fingerprint density at radius 1 is 1.15 bits per heavy atom. The van der Waals surface area contributed by atoms with Gasteiger partial charge in [-0.2, -0.15) is 21.6 Å². The van der Waals surface area contributed by atoms with Crippen LogP contribution in [0, 0.1) is 0 Å². The number of likely N-dealkylation sites (tertiary alicyclic amines) is 1. The Hall–Kier alpha value is -2.58. The van der Waals surface area contributed by atoms with Crippen molar-refractivity contribution in [1.29, 1.82) is 0 Å². The molecule has 1 aromatic carbocycles. The summed E-state index contributed by atoms with van der Waals surface area (Å²) in [4.78, 5) is 27.1. The number of morpholine rings is 1. The van der Waals surface area contributed by atoms with Gasteiger partial charge in [-0.3, -0.25) is 4.79 Å². The highest BCUT2D eigenvalue weighted by Gasteiger charge is 2.51. The molecule has 2 aliphatic heterocycles. The number of rotatable bonds is 6. The molecule has 2 amide bonds. The maximum Gasteiger partial charge on any atom is 0.534 e. The number of hydrogen-bond donors (Lipinski definition) is 1. The molecule has 41 heavy (non-hydrogen) atoms. The summed E-state index contributed by atoms with van der Waals surface area (Å²) in [6.45, 7) is 6.08. The lowest BCUT2D eigenvalue weighted by Crippen LogP contribution is -2.72. The number of ether oxygens (including phenoxy) is 3. The highest BCUT2D eigenvalue weighted by molar-refractivity contribution is 7.88. The van der Waals surface area contributed by atoms with E-state index in [0.717, 1.165) is 0 Å². The maximum absolute atomic E-state index is 13.1. The van der Waals surface area contributed by atoms with Crippen LogP contribution in [0.1, 0.15) is 70.8 Å². The number of halogens is 3. The Morgan fingerprint density at radius 3 is 2.46 bits per heavy atom. The first-order valence-electron chi connectivity index (χ1n) is 13.7. The first-order chi connectivity index (χ1) is 19.1. The van der Waals surface area contributed by atoms with Gasteiger partial charge in [-0.15, -0.1) is 0 Å². The standard InChI is InChI=1S/C27H37F3N2O8S/c1-25(2,3)39-24(34)32-14-6-13-26(17-37-16-23(33)31-26)22(32)15-38-19-11-9-18(10-12-19)20-7-4-5-8-21(20)40-41(35,36)27(28,29)30/h4-5,7-8,18-19,22H,6,9-17H2,1-3H3,(H,31,33)/t18?,19?,22-,26+/m0/s1. The summed E-state index contributed by atoms with van der Waals surface area (Å²) < 4.78 is 83.9. The van der Waals surface area contributed by atoms with Gasteiger partial charge in [-0.1, -0.05) is 18.2 Å². The minimum Gasteiger partial charge on any atom is -0.444 e. The molecule has 0 unspecified atom stereocenters. The van der Waals surface area contributed by atoms with Gasteiger partial charge in [-0.05, 0) is 76.8 Å². The van der Waals surface area contributed by atoms with Crippen LogP contribution in [0.15, 0.2) is 24.3 Å². The van der Waals surface area contributed by atoms with Gasteiger partial charge in [0, 0.05) is 6.54 Å². The molecule has 10 nitrogen and oxygen atoms in total. The third-order valence-electron chi connectivity index (χ3n) is 7.65. The van der Waals surface area contributed by atoms with Gasteiger partial charge < -0.3 is 28.6 Å². The zero-order valence-electron chi connectivity index (χ0n) is 23.4. The molecule has 0 radical (unpaired) electrons. The zero-order chi connectivity index (χ0) is 30.1. The second-order valence-electron chi connectivity index (χ2n) is 11.8. The molecule has 1 aliphatic carbocycles. The smallest absolute Gasteiger partial charge is 0.444 e. The Bertz CT molecular complexity index is 1210. The molecule has 3 fully saturated rings. The molecule has 1 aromatic rings. The Kier molecular flexibility index (Phi) is 9.15. The third-order valence-corrected chi connectivity index (χ3v) is 8.62. The van der Waals surface area contributed by atoms with Crippen molar-refractivity contribution in [2.45, 2.75) is 94.0 Å². The van der Waals surface area contributed by atoms with Crippen molar-refractivity contribution in [1.82, 2.24) is 10.2 Å². The van der Waals surface area contributed by atoms with E-state index in [1.807, 2.05) is 0 Å². The van der Waals surface area contributed by atoms with Gasteiger partial charge in [-0.25, -0.2) is 4.79 Å². The van der Waals surface area contributed by atoms with Crippen LogP contribution >= 0.6 is 0 Å². The van der Waals surface area contributed by atoms with Gasteiger partial charge in [0.25, 0.3) is 0 Å². The fraction of sp³-hybridized carbons (Fsp3) is 0.704. The fourth-order valence-electron chi connectivity index (χ4n) is 5.79. The quantitative estimate of drug-likeness (QED) is 0.377. The molecule has 0 bridgehead atoms. The van der Waals surface area contributed by atoms with Crippen LogP contribution in [0.2, 0.25) is 0 Å². The lowest BCUT2D eigenvalue weighted by molar-refractivity contribution is -0.144. The van der Waals surface area contributed by atoms with E-state index in [1.54, 1.807) is 37.8 Å². The minimum atomic E-state index is -5.79. The van der Waals surface area contributed by atoms with Gasteiger partial charge in [0.1, 0.15) is 18.0 Å². The topological polar surface area (TPSA) is 120 Å². The molecule has 2 heterocycles. The van der Waals surface area contributed by atoms with Crippen molar-refractivity contribution in [2.75, 3.05) is 26.4 Å². The molecule has 1 N–H and O–H groups in total. The number of hydrogen-bond acceptors (Lipinski definition) is 8. The maximum atomic E-state index is 13.1. The highest BCUT2D eigenvalue weighted by atomic mass is 32.2. The van der Waals surface area contributed by atoms with E-state index in [1.165, 1.54) is 12.1 Å². The summed E-state index contributed by atoms with van der Waals surface area (Å²) in [7, 11) is -5.79. The molecule has 1 saturated carbocycles. The van der Waals surface area contributed by atoms with Crippen LogP contribution < -0.4 is 9.50 Å². The van der Waals surface area contributed by atoms with Crippen molar-refractivity contribution >= 4 is 22.1 Å². The summed E-state index contributed by atoms with van der Waals surface area (Å²) in [5.41, 5.74) is -6.67. The molecule has 0 aromatic heterocycles. The van der Waals surface area contributed by atoms with Gasteiger partial charge >= 0.3 is 21.7 Å². The predicted molar refractivity (Wildman–Crippen MR) is 141 cm³/mol. The number of carbonyl (C=O) groups excluding carboxylic acids is 2. The number of para-hydroxylation sites is 1.